The Bertz CT molecular complexity index is 1350. The summed E-state index contributed by atoms with van der Waals surface area (Å²) >= 11 is 0. The number of nitrogens with two attached hydrogens (primary N) is 1. The lowest BCUT2D eigenvalue weighted by Crippen LogP contribution is -2.49. The summed E-state index contributed by atoms with van der Waals surface area (Å²) in [4.78, 5) is 19.3. The first-order valence-corrected chi connectivity index (χ1v) is 13.1. The molecule has 4 rings (SSSR count). The smallest absolute Gasteiger partial charge is 0.249 e. The number of likely N-dealkylation sites (tertiary alicyclic amines) is 1. The van der Waals surface area contributed by atoms with Gasteiger partial charge in [-0.3, -0.25) is 15.0 Å². The van der Waals surface area contributed by atoms with E-state index >= 15 is 0 Å². The number of benzene rings is 2. The summed E-state index contributed by atoms with van der Waals surface area (Å²) in [5.74, 6) is -3.19. The Hall–Kier alpha value is -3.45. The van der Waals surface area contributed by atoms with Crippen molar-refractivity contribution in [1.29, 1.82) is 0 Å². The van der Waals surface area contributed by atoms with Crippen LogP contribution in [0, 0.1) is 22.9 Å². The summed E-state index contributed by atoms with van der Waals surface area (Å²) in [5, 5.41) is 24.2. The molecule has 1 atom stereocenters. The van der Waals surface area contributed by atoms with Gasteiger partial charge in [0.05, 0.1) is 29.8 Å². The molecule has 0 unspecified atom stereocenters. The second-order valence-electron chi connectivity index (χ2n) is 10.1. The zero-order chi connectivity index (χ0) is 28.9. The topological polar surface area (TPSA) is 133 Å². The quantitative estimate of drug-likeness (QED) is 0.136. The number of aromatic nitrogens is 1. The molecule has 9 nitrogen and oxygen atoms in total. The lowest BCUT2D eigenvalue weighted by atomic mass is 9.73. The average molecular weight is 562 g/mol. The average Bonchev–Trinajstić information content (AvgIpc) is 2.97. The molecule has 1 fully saturated rings. The highest BCUT2D eigenvalue weighted by Crippen LogP contribution is 2.40. The number of anilines is 1. The van der Waals surface area contributed by atoms with E-state index in [-0.39, 0.29) is 25.2 Å². The zero-order valence-electron chi connectivity index (χ0n) is 22.2. The Labute approximate surface area is 230 Å². The van der Waals surface area contributed by atoms with Crippen LogP contribution in [0.15, 0.2) is 36.5 Å². The number of hydrogen-bond acceptors (Lipinski definition) is 8. The van der Waals surface area contributed by atoms with E-state index < -0.39 is 34.9 Å². The predicted octanol–water partition coefficient (Wildman–Crippen LogP) is 3.63. The molecule has 0 spiro atoms. The lowest BCUT2D eigenvalue weighted by molar-refractivity contribution is -0.143. The Kier molecular flexibility index (Phi) is 9.46. The van der Waals surface area contributed by atoms with Gasteiger partial charge in [0.2, 0.25) is 5.91 Å². The van der Waals surface area contributed by atoms with Crippen molar-refractivity contribution in [2.24, 2.45) is 11.1 Å². The van der Waals surface area contributed by atoms with Gasteiger partial charge >= 0.3 is 0 Å². The van der Waals surface area contributed by atoms with Crippen LogP contribution in [0.25, 0.3) is 10.9 Å². The number of piperidine rings is 1. The van der Waals surface area contributed by atoms with Crippen molar-refractivity contribution >= 4 is 22.5 Å². The van der Waals surface area contributed by atoms with E-state index in [1.807, 2.05) is 4.90 Å². The minimum atomic E-state index is -1.26. The molecule has 0 saturated carbocycles. The summed E-state index contributed by atoms with van der Waals surface area (Å²) in [6.07, 6.45) is 2.05. The van der Waals surface area contributed by atoms with Crippen LogP contribution in [0.5, 0.6) is 5.75 Å². The van der Waals surface area contributed by atoms with Crippen molar-refractivity contribution in [3.8, 4) is 5.75 Å². The maximum Gasteiger partial charge on any atom is 0.249 e. The first-order chi connectivity index (χ1) is 19.2. The number of rotatable bonds is 11. The molecule has 1 aliphatic rings. The van der Waals surface area contributed by atoms with E-state index in [1.165, 1.54) is 0 Å². The van der Waals surface area contributed by atoms with Crippen molar-refractivity contribution in [2.45, 2.75) is 38.3 Å². The number of hydrogen-bond donors (Lipinski definition) is 5. The molecule has 0 radical (unpaired) electrons. The van der Waals surface area contributed by atoms with Gasteiger partial charge in [-0.05, 0) is 68.1 Å². The number of aliphatic hydroxyl groups is 1. The third-order valence-corrected chi connectivity index (χ3v) is 7.78. The number of hydroxylamine groups is 1. The molecule has 2 aromatic carbocycles. The molecule has 0 aliphatic carbocycles. The number of carbonyl (C=O) groups is 1. The summed E-state index contributed by atoms with van der Waals surface area (Å²) in [7, 11) is 1.55. The Morgan fingerprint density at radius 3 is 2.65 bits per heavy atom. The van der Waals surface area contributed by atoms with Gasteiger partial charge in [0, 0.05) is 43.4 Å². The third-order valence-electron chi connectivity index (χ3n) is 7.78. The number of fused-ring (bicyclic) bond motifs is 1. The fourth-order valence-corrected chi connectivity index (χ4v) is 5.42. The molecule has 1 aliphatic heterocycles. The van der Waals surface area contributed by atoms with E-state index in [4.69, 9.17) is 10.5 Å². The van der Waals surface area contributed by atoms with Crippen molar-refractivity contribution in [3.05, 3.63) is 65.1 Å². The Morgan fingerprint density at radius 1 is 1.23 bits per heavy atom. The number of aliphatic hydroxyl groups excluding tert-OH is 1. The lowest BCUT2D eigenvalue weighted by Gasteiger charge is -2.40. The van der Waals surface area contributed by atoms with E-state index in [9.17, 15) is 28.3 Å². The van der Waals surface area contributed by atoms with Gasteiger partial charge < -0.3 is 25.8 Å². The van der Waals surface area contributed by atoms with Gasteiger partial charge in [-0.15, -0.1) is 0 Å². The molecule has 40 heavy (non-hydrogen) atoms. The molecular formula is C28H34F3N5O4. The molecule has 1 aromatic heterocycles. The minimum absolute atomic E-state index is 0.171. The maximum absolute atomic E-state index is 13.9. The van der Waals surface area contributed by atoms with Gasteiger partial charge in [0.1, 0.15) is 11.6 Å². The van der Waals surface area contributed by atoms with Gasteiger partial charge in [0.15, 0.2) is 11.6 Å². The van der Waals surface area contributed by atoms with E-state index in [2.05, 4.69) is 10.3 Å². The number of amides is 1. The molecule has 2 heterocycles. The number of carbonyl (C=O) groups excluding carboxylic acids is 1. The number of pyridine rings is 1. The highest BCUT2D eigenvalue weighted by Gasteiger charge is 2.41. The predicted molar refractivity (Wildman–Crippen MR) is 143 cm³/mol. The molecule has 0 bridgehead atoms. The molecular weight excluding hydrogens is 527 g/mol. The van der Waals surface area contributed by atoms with Gasteiger partial charge in [-0.1, -0.05) is 0 Å². The van der Waals surface area contributed by atoms with Crippen LogP contribution in [-0.4, -0.2) is 59.4 Å². The minimum Gasteiger partial charge on any atom is -0.497 e. The standard InChI is InChI=1S/C28H34F3N5O4/c1-40-19-2-3-22-20(14-19)25(17(15-32)16-34-22)24(37)4-5-28(27(38)35-39)6-9-36(10-7-28)11-8-33-23-13-18(29)12-21(30)26(23)31/h2-3,12-14,16,24,33,37,39H,4-11,15,32H2,1H3,(H,35,38)/t24-/m1/s1. The van der Waals surface area contributed by atoms with Crippen LogP contribution in [0.2, 0.25) is 0 Å². The molecule has 6 N–H and O–H groups in total. The summed E-state index contributed by atoms with van der Waals surface area (Å²) in [6, 6.07) is 6.76. The second-order valence-corrected chi connectivity index (χ2v) is 10.1. The van der Waals surface area contributed by atoms with Gasteiger partial charge in [0.25, 0.3) is 0 Å². The third kappa shape index (κ3) is 6.30. The number of methoxy groups -OCH3 is 1. The highest BCUT2D eigenvalue weighted by atomic mass is 19.2. The fourth-order valence-electron chi connectivity index (χ4n) is 5.42. The van der Waals surface area contributed by atoms with Crippen LogP contribution in [0.1, 0.15) is 42.9 Å². The molecule has 1 amide bonds. The Morgan fingerprint density at radius 2 is 1.98 bits per heavy atom. The monoisotopic (exact) mass is 561 g/mol. The summed E-state index contributed by atoms with van der Waals surface area (Å²) < 4.78 is 46.1. The maximum atomic E-state index is 13.9. The normalized spacial score (nSPS) is 16.1. The zero-order valence-corrected chi connectivity index (χ0v) is 22.2. The van der Waals surface area contributed by atoms with Crippen molar-refractivity contribution in [3.63, 3.8) is 0 Å². The van der Waals surface area contributed by atoms with Crippen molar-refractivity contribution < 1.29 is 33.0 Å². The first kappa shape index (κ1) is 29.5. The SMILES string of the molecule is COc1ccc2ncc(CN)c([C@H](O)CCC3(C(=O)NO)CCN(CCNc4cc(F)cc(F)c4F)CC3)c2c1. The number of halogens is 3. The summed E-state index contributed by atoms with van der Waals surface area (Å²) in [5.41, 5.74) is 8.57. The van der Waals surface area contributed by atoms with E-state index in [0.717, 1.165) is 6.07 Å². The van der Waals surface area contributed by atoms with E-state index in [0.29, 0.717) is 72.7 Å². The van der Waals surface area contributed by atoms with Crippen LogP contribution >= 0.6 is 0 Å². The van der Waals surface area contributed by atoms with Crippen LogP contribution < -0.4 is 21.3 Å². The van der Waals surface area contributed by atoms with Crippen molar-refractivity contribution in [1.82, 2.24) is 15.4 Å². The largest absolute Gasteiger partial charge is 0.497 e. The fraction of sp³-hybridized carbons (Fsp3) is 0.429. The summed E-state index contributed by atoms with van der Waals surface area (Å²) in [6.45, 7) is 1.84. The molecule has 216 valence electrons. The molecule has 12 heteroatoms. The molecule has 3 aromatic rings. The number of ether oxygens (including phenoxy) is 1. The van der Waals surface area contributed by atoms with E-state index in [1.54, 1.807) is 37.0 Å². The molecule has 1 saturated heterocycles. The van der Waals surface area contributed by atoms with Crippen LogP contribution in [0.3, 0.4) is 0 Å². The number of nitrogens with zero attached hydrogens (tertiary/aromatic N) is 2. The second kappa shape index (κ2) is 12.8. The van der Waals surface area contributed by atoms with Crippen molar-refractivity contribution in [2.75, 3.05) is 38.6 Å². The van der Waals surface area contributed by atoms with Gasteiger partial charge in [-0.2, -0.15) is 0 Å². The highest BCUT2D eigenvalue weighted by molar-refractivity contribution is 5.85. The Balaban J connectivity index is 1.42. The number of nitrogens with one attached hydrogen (secondary N) is 2. The van der Waals surface area contributed by atoms with Crippen LogP contribution in [-0.2, 0) is 11.3 Å². The van der Waals surface area contributed by atoms with Gasteiger partial charge in [-0.25, -0.2) is 18.7 Å². The first-order valence-electron chi connectivity index (χ1n) is 13.1. The van der Waals surface area contributed by atoms with Crippen LogP contribution in [0.4, 0.5) is 18.9 Å².